The monoisotopic (exact) mass is 616 g/mol. The second-order valence-corrected chi connectivity index (χ2v) is 10.6. The first-order chi connectivity index (χ1) is 22.4. The molecule has 4 aromatic rings. The van der Waals surface area contributed by atoms with Crippen LogP contribution in [0, 0.1) is 0 Å². The number of benzene rings is 4. The number of Topliss-reactive ketones (excluding diaryl/α,β-unsaturated/α-hetero) is 2. The molecule has 0 atom stereocenters. The smallest absolute Gasteiger partial charge is 0.250 e. The predicted octanol–water partition coefficient (Wildman–Crippen LogP) is 7.64. The number of hydrogen-bond acceptors (Lipinski definition) is 8. The molecule has 4 aromatic carbocycles. The Bertz CT molecular complexity index is 1560. The number of nitrogens with one attached hydrogen (secondary N) is 2. The number of ketones is 2. The molecule has 0 bridgehead atoms. The van der Waals surface area contributed by atoms with E-state index in [2.05, 4.69) is 48.1 Å². The molecule has 5 rings (SSSR count). The van der Waals surface area contributed by atoms with Gasteiger partial charge in [-0.2, -0.15) is 0 Å². The Labute approximate surface area is 270 Å². The molecule has 0 unspecified atom stereocenters. The highest BCUT2D eigenvalue weighted by Crippen LogP contribution is 2.32. The lowest BCUT2D eigenvalue weighted by atomic mass is 10.0. The second-order valence-electron chi connectivity index (χ2n) is 10.6. The summed E-state index contributed by atoms with van der Waals surface area (Å²) in [5, 5.41) is 6.37. The van der Waals surface area contributed by atoms with Crippen LogP contribution in [0.3, 0.4) is 0 Å². The van der Waals surface area contributed by atoms with E-state index in [-0.39, 0.29) is 22.9 Å². The standard InChI is InChI=1S/C38H40N4O4/c1-5-41(6-2)29-23-19-27(20-24-29)39-33-35(43)38(46-32-17-13-10-14-18-32)34(36(44)37(33)45-31-15-11-9-12-16-31)40-28-21-25-30(26-22-28)42(7-3)8-4/h9-26,39-40H,5-8H2,1-4H3. The fourth-order valence-corrected chi connectivity index (χ4v) is 5.27. The van der Waals surface area contributed by atoms with Crippen molar-refractivity contribution >= 4 is 34.3 Å². The summed E-state index contributed by atoms with van der Waals surface area (Å²) in [4.78, 5) is 33.2. The van der Waals surface area contributed by atoms with Crippen LogP contribution in [0.4, 0.5) is 22.7 Å². The molecule has 0 aromatic heterocycles. The normalized spacial score (nSPS) is 13.0. The Morgan fingerprint density at radius 1 is 0.478 bits per heavy atom. The highest BCUT2D eigenvalue weighted by Gasteiger charge is 2.39. The second kappa shape index (κ2) is 15.0. The molecule has 8 nitrogen and oxygen atoms in total. The van der Waals surface area contributed by atoms with Crippen LogP contribution < -0.4 is 29.9 Å². The molecule has 46 heavy (non-hydrogen) atoms. The van der Waals surface area contributed by atoms with Gasteiger partial charge in [-0.25, -0.2) is 0 Å². The van der Waals surface area contributed by atoms with Gasteiger partial charge in [0.25, 0.3) is 11.6 Å². The maximum absolute atomic E-state index is 14.4. The van der Waals surface area contributed by atoms with Crippen LogP contribution in [0.1, 0.15) is 27.7 Å². The van der Waals surface area contributed by atoms with Gasteiger partial charge in [0.15, 0.2) is 0 Å². The largest absolute Gasteiger partial charge is 0.451 e. The fraction of sp³-hybridized carbons (Fsp3) is 0.211. The van der Waals surface area contributed by atoms with E-state index in [0.717, 1.165) is 37.6 Å². The van der Waals surface area contributed by atoms with E-state index in [4.69, 9.17) is 9.47 Å². The molecule has 2 N–H and O–H groups in total. The molecule has 0 saturated heterocycles. The van der Waals surface area contributed by atoms with Crippen LogP contribution in [0.5, 0.6) is 11.5 Å². The van der Waals surface area contributed by atoms with Crippen molar-refractivity contribution in [2.24, 2.45) is 0 Å². The number of ether oxygens (including phenoxy) is 2. The summed E-state index contributed by atoms with van der Waals surface area (Å²) in [6.45, 7) is 11.9. The van der Waals surface area contributed by atoms with Gasteiger partial charge in [-0.15, -0.1) is 0 Å². The molecule has 0 saturated carbocycles. The number of para-hydroxylation sites is 2. The molecule has 236 valence electrons. The van der Waals surface area contributed by atoms with Crippen molar-refractivity contribution in [3.8, 4) is 11.5 Å². The van der Waals surface area contributed by atoms with Gasteiger partial charge in [0.1, 0.15) is 22.9 Å². The summed E-state index contributed by atoms with van der Waals surface area (Å²) in [6, 6.07) is 33.3. The third kappa shape index (κ3) is 7.24. The van der Waals surface area contributed by atoms with E-state index >= 15 is 0 Å². The van der Waals surface area contributed by atoms with Gasteiger partial charge >= 0.3 is 0 Å². The molecule has 0 aliphatic heterocycles. The average molecular weight is 617 g/mol. The Hall–Kier alpha value is -5.50. The minimum atomic E-state index is -0.524. The van der Waals surface area contributed by atoms with Crippen LogP contribution in [-0.4, -0.2) is 37.7 Å². The fourth-order valence-electron chi connectivity index (χ4n) is 5.27. The van der Waals surface area contributed by atoms with Crippen molar-refractivity contribution in [1.82, 2.24) is 0 Å². The van der Waals surface area contributed by atoms with E-state index in [9.17, 15) is 9.59 Å². The minimum Gasteiger partial charge on any atom is -0.451 e. The molecular weight excluding hydrogens is 576 g/mol. The lowest BCUT2D eigenvalue weighted by Gasteiger charge is -2.26. The van der Waals surface area contributed by atoms with Crippen LogP contribution in [0.2, 0.25) is 0 Å². The number of rotatable bonds is 14. The number of carbonyl (C=O) groups excluding carboxylic acids is 2. The molecule has 8 heteroatoms. The third-order valence-corrected chi connectivity index (χ3v) is 7.78. The van der Waals surface area contributed by atoms with Crippen molar-refractivity contribution in [3.63, 3.8) is 0 Å². The van der Waals surface area contributed by atoms with Crippen molar-refractivity contribution in [2.45, 2.75) is 27.7 Å². The zero-order chi connectivity index (χ0) is 32.5. The summed E-state index contributed by atoms with van der Waals surface area (Å²) < 4.78 is 12.3. The third-order valence-electron chi connectivity index (χ3n) is 7.78. The van der Waals surface area contributed by atoms with Gasteiger partial charge in [0, 0.05) is 48.9 Å². The lowest BCUT2D eigenvalue weighted by molar-refractivity contribution is -0.119. The zero-order valence-electron chi connectivity index (χ0n) is 26.7. The van der Waals surface area contributed by atoms with Crippen LogP contribution in [0.25, 0.3) is 0 Å². The molecule has 1 aliphatic rings. The average Bonchev–Trinajstić information content (AvgIpc) is 3.10. The van der Waals surface area contributed by atoms with Gasteiger partial charge in [-0.05, 0) is 100 Å². The summed E-state index contributed by atoms with van der Waals surface area (Å²) in [7, 11) is 0. The maximum Gasteiger partial charge on any atom is 0.250 e. The SMILES string of the molecule is CCN(CC)c1ccc(NC2=C(Oc3ccccc3)C(=O)C(Nc3ccc(N(CC)CC)cc3)=C(Oc3ccccc3)C2=O)cc1. The van der Waals surface area contributed by atoms with Crippen molar-refractivity contribution in [2.75, 3.05) is 46.6 Å². The van der Waals surface area contributed by atoms with Gasteiger partial charge < -0.3 is 29.9 Å². The number of anilines is 4. The summed E-state index contributed by atoms with van der Waals surface area (Å²) >= 11 is 0. The van der Waals surface area contributed by atoms with Gasteiger partial charge in [0.2, 0.25) is 11.5 Å². The Kier molecular flexibility index (Phi) is 10.4. The van der Waals surface area contributed by atoms with E-state index in [1.807, 2.05) is 60.7 Å². The predicted molar refractivity (Wildman–Crippen MR) is 185 cm³/mol. The molecule has 1 aliphatic carbocycles. The van der Waals surface area contributed by atoms with E-state index in [1.54, 1.807) is 48.5 Å². The van der Waals surface area contributed by atoms with Gasteiger partial charge in [0.05, 0.1) is 0 Å². The van der Waals surface area contributed by atoms with Gasteiger partial charge in [-0.3, -0.25) is 9.59 Å². The van der Waals surface area contributed by atoms with Crippen LogP contribution >= 0.6 is 0 Å². The van der Waals surface area contributed by atoms with Crippen molar-refractivity contribution in [3.05, 3.63) is 132 Å². The Morgan fingerprint density at radius 2 is 0.804 bits per heavy atom. The summed E-state index contributed by atoms with van der Waals surface area (Å²) in [5.74, 6) is -0.470. The topological polar surface area (TPSA) is 83.1 Å². The molecule has 0 heterocycles. The van der Waals surface area contributed by atoms with E-state index < -0.39 is 11.6 Å². The highest BCUT2D eigenvalue weighted by molar-refractivity contribution is 6.25. The number of carbonyl (C=O) groups is 2. The van der Waals surface area contributed by atoms with E-state index in [1.165, 1.54) is 0 Å². The molecule has 0 fully saturated rings. The zero-order valence-corrected chi connectivity index (χ0v) is 26.7. The minimum absolute atomic E-state index is 0.0159. The number of nitrogens with zero attached hydrogens (tertiary/aromatic N) is 2. The summed E-state index contributed by atoms with van der Waals surface area (Å²) in [5.41, 5.74) is 3.34. The lowest BCUT2D eigenvalue weighted by Crippen LogP contribution is -2.34. The molecule has 0 radical (unpaired) electrons. The molecule has 0 amide bonds. The maximum atomic E-state index is 14.4. The molecule has 0 spiro atoms. The molecular formula is C38H40N4O4. The van der Waals surface area contributed by atoms with Crippen molar-refractivity contribution in [1.29, 1.82) is 0 Å². The first kappa shape index (κ1) is 31.9. The Balaban J connectivity index is 1.56. The summed E-state index contributed by atoms with van der Waals surface area (Å²) in [6.07, 6.45) is 0. The highest BCUT2D eigenvalue weighted by atomic mass is 16.5. The first-order valence-corrected chi connectivity index (χ1v) is 15.7. The van der Waals surface area contributed by atoms with Crippen LogP contribution in [-0.2, 0) is 9.59 Å². The van der Waals surface area contributed by atoms with Crippen LogP contribution in [0.15, 0.2) is 132 Å². The van der Waals surface area contributed by atoms with E-state index in [0.29, 0.717) is 22.9 Å². The number of hydrogen-bond donors (Lipinski definition) is 2. The first-order valence-electron chi connectivity index (χ1n) is 15.7. The Morgan fingerprint density at radius 3 is 1.11 bits per heavy atom. The quantitative estimate of drug-likeness (QED) is 0.140. The van der Waals surface area contributed by atoms with Crippen molar-refractivity contribution < 1.29 is 19.1 Å². The van der Waals surface area contributed by atoms with Gasteiger partial charge in [-0.1, -0.05) is 36.4 Å².